The van der Waals surface area contributed by atoms with Gasteiger partial charge < -0.3 is 20.1 Å². The van der Waals surface area contributed by atoms with E-state index < -0.39 is 0 Å². The maximum atomic E-state index is 4.54. The fourth-order valence-corrected chi connectivity index (χ4v) is 0.250. The summed E-state index contributed by atoms with van der Waals surface area (Å²) in [5.41, 5.74) is 0. The van der Waals surface area contributed by atoms with E-state index in [9.17, 15) is 0 Å². The van der Waals surface area contributed by atoms with Crippen LogP contribution in [0.2, 0.25) is 0 Å². The lowest BCUT2D eigenvalue weighted by atomic mass is 10.5. The number of nitrogens with one attached hydrogen (secondary N) is 2. The highest BCUT2D eigenvalue weighted by Gasteiger charge is 1.64. The maximum Gasteiger partial charge on any atom is 0.0433 e. The molecule has 0 saturated heterocycles. The molecule has 5 heteroatoms. The molecule has 0 atom stereocenters. The van der Waals surface area contributed by atoms with Crippen LogP contribution in [0.3, 0.4) is 0 Å². The lowest BCUT2D eigenvalue weighted by Gasteiger charge is -1.84. The Balaban J connectivity index is -0.0000000354. The molecule has 0 aromatic heterocycles. The number of hydrogen-bond acceptors (Lipinski definition) is 5. The Labute approximate surface area is 147 Å². The van der Waals surface area contributed by atoms with E-state index in [1.165, 1.54) is 12.8 Å². The fourth-order valence-electron chi connectivity index (χ4n) is 0.250. The van der Waals surface area contributed by atoms with Crippen molar-refractivity contribution >= 4 is 11.8 Å². The monoisotopic (exact) mass is 344 g/mol. The molecule has 0 bridgehead atoms. The summed E-state index contributed by atoms with van der Waals surface area (Å²) in [6.07, 6.45) is 6.57. The van der Waals surface area contributed by atoms with Crippen LogP contribution in [0.15, 0.2) is 0 Å². The highest BCUT2D eigenvalue weighted by Crippen LogP contribution is 1.70. The van der Waals surface area contributed by atoms with Crippen molar-refractivity contribution in [2.45, 2.75) is 47.5 Å². The molecule has 22 heavy (non-hydrogen) atoms. The van der Waals surface area contributed by atoms with Crippen molar-refractivity contribution in [1.29, 1.82) is 0 Å². The van der Waals surface area contributed by atoms with E-state index in [4.69, 9.17) is 0 Å². The third kappa shape index (κ3) is 424. The van der Waals surface area contributed by atoms with Gasteiger partial charge in [-0.15, -0.1) is 0 Å². The Kier molecular flexibility index (Phi) is 144. The normalized spacial score (nSPS) is 7.09. The number of methoxy groups -OCH3 is 2. The molecule has 0 amide bonds. The molecular weight excluding hydrogens is 296 g/mol. The summed E-state index contributed by atoms with van der Waals surface area (Å²) < 4.78 is 8.79. The first-order valence-electron chi connectivity index (χ1n) is 8.07. The summed E-state index contributed by atoms with van der Waals surface area (Å²) in [6.45, 7) is 13.5. The zero-order valence-electron chi connectivity index (χ0n) is 17.8. The first-order valence-corrected chi connectivity index (χ1v) is 9.71. The highest BCUT2D eigenvalue weighted by molar-refractivity contribution is 7.97. The summed E-state index contributed by atoms with van der Waals surface area (Å²) in [5, 5.41) is 5.95. The Morgan fingerprint density at radius 2 is 1.05 bits per heavy atom. The second-order valence-electron chi connectivity index (χ2n) is 3.91. The van der Waals surface area contributed by atoms with Crippen LogP contribution in [0.1, 0.15) is 47.5 Å². The van der Waals surface area contributed by atoms with E-state index in [0.717, 1.165) is 19.7 Å². The first-order chi connectivity index (χ1) is 10.5. The van der Waals surface area contributed by atoms with Crippen molar-refractivity contribution in [3.05, 3.63) is 0 Å². The quantitative estimate of drug-likeness (QED) is 0.802. The maximum absolute atomic E-state index is 4.54. The smallest absolute Gasteiger partial charge is 0.0433 e. The van der Waals surface area contributed by atoms with Gasteiger partial charge in [0.1, 0.15) is 0 Å². The van der Waals surface area contributed by atoms with Crippen molar-refractivity contribution in [2.75, 3.05) is 67.6 Å². The predicted octanol–water partition coefficient (Wildman–Crippen LogP) is 4.15. The molecule has 0 aromatic carbocycles. The fraction of sp³-hybridized carbons (Fsp3) is 1.00. The lowest BCUT2D eigenvalue weighted by molar-refractivity contribution is 0.215. The molecule has 0 unspecified atom stereocenters. The van der Waals surface area contributed by atoms with Crippen molar-refractivity contribution < 1.29 is 9.47 Å². The Morgan fingerprint density at radius 1 is 0.818 bits per heavy atom. The van der Waals surface area contributed by atoms with Gasteiger partial charge in [0.15, 0.2) is 0 Å². The topological polar surface area (TPSA) is 42.5 Å². The van der Waals surface area contributed by atoms with Gasteiger partial charge in [-0.3, -0.25) is 0 Å². The number of rotatable bonds is 4. The molecule has 0 aliphatic heterocycles. The molecule has 0 aromatic rings. The molecule has 0 spiro atoms. The molecule has 0 radical (unpaired) electrons. The predicted molar refractivity (Wildman–Crippen MR) is 110 cm³/mol. The molecule has 0 rings (SSSR count). The van der Waals surface area contributed by atoms with E-state index >= 15 is 0 Å². The van der Waals surface area contributed by atoms with E-state index in [0.29, 0.717) is 0 Å². The van der Waals surface area contributed by atoms with E-state index in [-0.39, 0.29) is 0 Å². The van der Waals surface area contributed by atoms with Crippen LogP contribution in [0.5, 0.6) is 0 Å². The standard InChI is InChI=1S/C4H11N.C3H9N.C3H8O.C3H8.C2H6O.C2H6S/c1-3-4-5-2;2*1-3-4-2;3*1-3-2/h5H,3-4H2,1-2H3;4H,3H2,1-2H3;3H2,1-2H3;3H2,1-2H3;2*1-2H3. The van der Waals surface area contributed by atoms with Crippen LogP contribution in [0, 0.1) is 0 Å². The van der Waals surface area contributed by atoms with Gasteiger partial charge in [0.25, 0.3) is 0 Å². The van der Waals surface area contributed by atoms with E-state index in [2.05, 4.69) is 47.8 Å². The van der Waals surface area contributed by atoms with Crippen molar-refractivity contribution in [3.8, 4) is 0 Å². The minimum absolute atomic E-state index is 0.819. The molecule has 0 saturated carbocycles. The summed E-state index contributed by atoms with van der Waals surface area (Å²) in [5.74, 6) is 0. The minimum Gasteiger partial charge on any atom is -0.388 e. The van der Waals surface area contributed by atoms with Crippen molar-refractivity contribution in [3.63, 3.8) is 0 Å². The molecule has 0 fully saturated rings. The van der Waals surface area contributed by atoms with Gasteiger partial charge >= 0.3 is 0 Å². The van der Waals surface area contributed by atoms with Gasteiger partial charge in [0, 0.05) is 27.9 Å². The average Bonchev–Trinajstić information content (AvgIpc) is 2.51. The summed E-state index contributed by atoms with van der Waals surface area (Å²) in [7, 11) is 8.82. The molecule has 2 N–H and O–H groups in total. The van der Waals surface area contributed by atoms with Gasteiger partial charge in [0.2, 0.25) is 0 Å². The molecule has 0 heterocycles. The Morgan fingerprint density at radius 3 is 1.05 bits per heavy atom. The van der Waals surface area contributed by atoms with Gasteiger partial charge in [-0.25, -0.2) is 0 Å². The molecular formula is C17H48N2O2S. The molecule has 0 aliphatic carbocycles. The summed E-state index contributed by atoms with van der Waals surface area (Å²) >= 11 is 1.75. The summed E-state index contributed by atoms with van der Waals surface area (Å²) in [4.78, 5) is 0. The molecule has 4 nitrogen and oxygen atoms in total. The van der Waals surface area contributed by atoms with Crippen molar-refractivity contribution in [1.82, 2.24) is 10.6 Å². The van der Waals surface area contributed by atoms with Crippen LogP contribution in [0.4, 0.5) is 0 Å². The SMILES string of the molecule is CCC.CCCNC.CCNC.CCOC.COC.CSC. The Hall–Kier alpha value is 0.190. The number of ether oxygens (including phenoxy) is 2. The second kappa shape index (κ2) is 83.2. The Bertz CT molecular complexity index is 76.3. The van der Waals surface area contributed by atoms with Gasteiger partial charge in [-0.2, -0.15) is 11.8 Å². The van der Waals surface area contributed by atoms with Gasteiger partial charge in [0.05, 0.1) is 0 Å². The van der Waals surface area contributed by atoms with Crippen LogP contribution in [-0.4, -0.2) is 67.6 Å². The third-order valence-electron chi connectivity index (χ3n) is 1.14. The third-order valence-corrected chi connectivity index (χ3v) is 1.14. The average molecular weight is 345 g/mol. The first kappa shape index (κ1) is 38.0. The minimum atomic E-state index is 0.819. The second-order valence-corrected chi connectivity index (χ2v) is 4.73. The van der Waals surface area contributed by atoms with Crippen LogP contribution >= 0.6 is 11.8 Å². The zero-order chi connectivity index (χ0) is 19.1. The summed E-state index contributed by atoms with van der Waals surface area (Å²) in [6, 6.07) is 0. The lowest BCUT2D eigenvalue weighted by Crippen LogP contribution is -2.04. The number of hydrogen-bond donors (Lipinski definition) is 2. The molecule has 0 aliphatic rings. The largest absolute Gasteiger partial charge is 0.388 e. The van der Waals surface area contributed by atoms with Crippen LogP contribution in [-0.2, 0) is 9.47 Å². The van der Waals surface area contributed by atoms with E-state index in [1.807, 2.05) is 33.5 Å². The van der Waals surface area contributed by atoms with Crippen molar-refractivity contribution in [2.24, 2.45) is 0 Å². The van der Waals surface area contributed by atoms with Crippen LogP contribution in [0.25, 0.3) is 0 Å². The zero-order valence-corrected chi connectivity index (χ0v) is 18.6. The van der Waals surface area contributed by atoms with Gasteiger partial charge in [-0.05, 0) is 53.0 Å². The van der Waals surface area contributed by atoms with E-state index in [1.54, 1.807) is 33.1 Å². The number of thioether (sulfide) groups is 1. The van der Waals surface area contributed by atoms with Crippen LogP contribution < -0.4 is 10.6 Å². The highest BCUT2D eigenvalue weighted by atomic mass is 32.2. The molecule has 144 valence electrons. The van der Waals surface area contributed by atoms with Gasteiger partial charge in [-0.1, -0.05) is 34.1 Å².